The fourth-order valence-electron chi connectivity index (χ4n) is 3.14. The minimum atomic E-state index is 0. The molecule has 0 amide bonds. The van der Waals surface area contributed by atoms with Crippen LogP contribution in [-0.4, -0.2) is 13.2 Å². The number of nitrogens with two attached hydrogens (primary N) is 1. The largest absolute Gasteiger partial charge is 0.496 e. The quantitative estimate of drug-likeness (QED) is 0.873. The molecule has 0 aromatic heterocycles. The molecular formula is C16H25Cl2NO. The van der Waals surface area contributed by atoms with Crippen LogP contribution in [-0.2, 0) is 6.42 Å². The Morgan fingerprint density at radius 1 is 1.30 bits per heavy atom. The summed E-state index contributed by atoms with van der Waals surface area (Å²) in [6.45, 7) is 2.01. The average Bonchev–Trinajstić information content (AvgIpc) is 2.38. The van der Waals surface area contributed by atoms with Crippen molar-refractivity contribution in [1.29, 1.82) is 0 Å². The van der Waals surface area contributed by atoms with E-state index in [-0.39, 0.29) is 18.4 Å². The Hall–Kier alpha value is -0.440. The summed E-state index contributed by atoms with van der Waals surface area (Å²) in [5.41, 5.74) is 8.35. The van der Waals surface area contributed by atoms with Crippen LogP contribution in [0.4, 0.5) is 0 Å². The smallest absolute Gasteiger partial charge is 0.125 e. The van der Waals surface area contributed by atoms with Crippen molar-refractivity contribution in [2.24, 2.45) is 5.73 Å². The van der Waals surface area contributed by atoms with Crippen molar-refractivity contribution in [3.63, 3.8) is 0 Å². The maximum Gasteiger partial charge on any atom is 0.125 e. The lowest BCUT2D eigenvalue weighted by atomic mass is 9.82. The SMILES string of the molecule is COc1c(CC(C)N)cc(Cl)cc1C1CCCCC1.Cl. The molecule has 0 heterocycles. The first-order valence-electron chi connectivity index (χ1n) is 7.23. The summed E-state index contributed by atoms with van der Waals surface area (Å²) in [5, 5.41) is 0.803. The van der Waals surface area contributed by atoms with Gasteiger partial charge >= 0.3 is 0 Å². The van der Waals surface area contributed by atoms with E-state index in [1.54, 1.807) is 7.11 Å². The second-order valence-corrected chi connectivity index (χ2v) is 6.14. The molecule has 1 aromatic carbocycles. The van der Waals surface area contributed by atoms with Crippen molar-refractivity contribution in [1.82, 2.24) is 0 Å². The van der Waals surface area contributed by atoms with Gasteiger partial charge in [0.25, 0.3) is 0 Å². The molecule has 2 rings (SSSR count). The molecular weight excluding hydrogens is 293 g/mol. The van der Waals surface area contributed by atoms with Crippen molar-refractivity contribution in [2.45, 2.75) is 57.4 Å². The summed E-state index contributed by atoms with van der Waals surface area (Å²) in [4.78, 5) is 0. The molecule has 0 aliphatic heterocycles. The molecule has 1 atom stereocenters. The van der Waals surface area contributed by atoms with E-state index in [0.717, 1.165) is 22.8 Å². The molecule has 0 saturated heterocycles. The molecule has 1 aliphatic carbocycles. The van der Waals surface area contributed by atoms with E-state index in [9.17, 15) is 0 Å². The topological polar surface area (TPSA) is 35.2 Å². The maximum atomic E-state index is 6.29. The Morgan fingerprint density at radius 3 is 2.50 bits per heavy atom. The lowest BCUT2D eigenvalue weighted by Gasteiger charge is -2.25. The van der Waals surface area contributed by atoms with Gasteiger partial charge in [0.1, 0.15) is 5.75 Å². The van der Waals surface area contributed by atoms with Gasteiger partial charge in [0.05, 0.1) is 7.11 Å². The van der Waals surface area contributed by atoms with Gasteiger partial charge in [-0.2, -0.15) is 0 Å². The fourth-order valence-corrected chi connectivity index (χ4v) is 3.39. The molecule has 1 aromatic rings. The molecule has 1 fully saturated rings. The molecule has 2 N–H and O–H groups in total. The molecule has 0 bridgehead atoms. The Balaban J connectivity index is 0.00000200. The van der Waals surface area contributed by atoms with E-state index in [4.69, 9.17) is 22.1 Å². The minimum Gasteiger partial charge on any atom is -0.496 e. The monoisotopic (exact) mass is 317 g/mol. The summed E-state index contributed by atoms with van der Waals surface area (Å²) >= 11 is 6.29. The van der Waals surface area contributed by atoms with Gasteiger partial charge in [0.2, 0.25) is 0 Å². The highest BCUT2D eigenvalue weighted by atomic mass is 35.5. The van der Waals surface area contributed by atoms with Crippen LogP contribution in [0.1, 0.15) is 56.1 Å². The highest BCUT2D eigenvalue weighted by molar-refractivity contribution is 6.30. The van der Waals surface area contributed by atoms with Crippen molar-refractivity contribution in [2.75, 3.05) is 7.11 Å². The molecule has 0 spiro atoms. The van der Waals surface area contributed by atoms with E-state index in [0.29, 0.717) is 5.92 Å². The van der Waals surface area contributed by atoms with Crippen LogP contribution in [0.2, 0.25) is 5.02 Å². The molecule has 1 saturated carbocycles. The molecule has 20 heavy (non-hydrogen) atoms. The summed E-state index contributed by atoms with van der Waals surface area (Å²) in [6.07, 6.45) is 7.27. The van der Waals surface area contributed by atoms with Crippen molar-refractivity contribution in [3.8, 4) is 5.75 Å². The first kappa shape index (κ1) is 17.6. The standard InChI is InChI=1S/C16H24ClNO.ClH/c1-11(18)8-13-9-14(17)10-15(16(13)19-2)12-6-4-3-5-7-12;/h9-12H,3-8,18H2,1-2H3;1H. The van der Waals surface area contributed by atoms with Gasteiger partial charge in [0.15, 0.2) is 0 Å². The summed E-state index contributed by atoms with van der Waals surface area (Å²) in [6, 6.07) is 4.20. The van der Waals surface area contributed by atoms with E-state index in [2.05, 4.69) is 6.07 Å². The predicted molar refractivity (Wildman–Crippen MR) is 88.4 cm³/mol. The third-order valence-corrected chi connectivity index (χ3v) is 4.17. The van der Waals surface area contributed by atoms with Crippen LogP contribution >= 0.6 is 24.0 Å². The van der Waals surface area contributed by atoms with Crippen LogP contribution in [0.25, 0.3) is 0 Å². The van der Waals surface area contributed by atoms with Crippen LogP contribution in [0.15, 0.2) is 12.1 Å². The van der Waals surface area contributed by atoms with E-state index in [1.807, 2.05) is 13.0 Å². The average molecular weight is 318 g/mol. The Kier molecular flexibility index (Phi) is 7.14. The maximum absolute atomic E-state index is 6.29. The zero-order valence-corrected chi connectivity index (χ0v) is 13.9. The number of halogens is 2. The van der Waals surface area contributed by atoms with Gasteiger partial charge in [-0.1, -0.05) is 30.9 Å². The zero-order chi connectivity index (χ0) is 13.8. The van der Waals surface area contributed by atoms with Crippen molar-refractivity contribution < 1.29 is 4.74 Å². The second-order valence-electron chi connectivity index (χ2n) is 5.70. The van der Waals surface area contributed by atoms with Gasteiger partial charge in [-0.25, -0.2) is 0 Å². The lowest BCUT2D eigenvalue weighted by molar-refractivity contribution is 0.382. The molecule has 4 heteroatoms. The molecule has 1 unspecified atom stereocenters. The zero-order valence-electron chi connectivity index (χ0n) is 12.3. The predicted octanol–water partition coefficient (Wildman–Crippen LogP) is 4.71. The van der Waals surface area contributed by atoms with Crippen molar-refractivity contribution >= 4 is 24.0 Å². The highest BCUT2D eigenvalue weighted by Crippen LogP contribution is 2.40. The van der Waals surface area contributed by atoms with Crippen LogP contribution in [0, 0.1) is 0 Å². The number of hydrogen-bond donors (Lipinski definition) is 1. The summed E-state index contributed by atoms with van der Waals surface area (Å²) in [5.74, 6) is 1.60. The molecule has 1 aliphatic rings. The van der Waals surface area contributed by atoms with Gasteiger partial charge in [0, 0.05) is 11.1 Å². The van der Waals surface area contributed by atoms with Gasteiger partial charge < -0.3 is 10.5 Å². The van der Waals surface area contributed by atoms with Gasteiger partial charge in [-0.05, 0) is 55.4 Å². The molecule has 114 valence electrons. The van der Waals surface area contributed by atoms with E-state index < -0.39 is 0 Å². The number of hydrogen-bond acceptors (Lipinski definition) is 2. The summed E-state index contributed by atoms with van der Waals surface area (Å²) in [7, 11) is 1.75. The molecule has 0 radical (unpaired) electrons. The normalized spacial score (nSPS) is 17.4. The summed E-state index contributed by atoms with van der Waals surface area (Å²) < 4.78 is 5.67. The van der Waals surface area contributed by atoms with E-state index in [1.165, 1.54) is 37.7 Å². The number of benzene rings is 1. The highest BCUT2D eigenvalue weighted by Gasteiger charge is 2.22. The lowest BCUT2D eigenvalue weighted by Crippen LogP contribution is -2.19. The third-order valence-electron chi connectivity index (χ3n) is 3.95. The number of methoxy groups -OCH3 is 1. The minimum absolute atomic E-state index is 0. The Bertz CT molecular complexity index is 429. The second kappa shape index (κ2) is 8.11. The number of rotatable bonds is 4. The Labute approximate surface area is 133 Å². The van der Waals surface area contributed by atoms with Crippen LogP contribution in [0.5, 0.6) is 5.75 Å². The van der Waals surface area contributed by atoms with Crippen LogP contribution in [0.3, 0.4) is 0 Å². The number of ether oxygens (including phenoxy) is 1. The third kappa shape index (κ3) is 4.28. The van der Waals surface area contributed by atoms with Gasteiger partial charge in [-0.3, -0.25) is 0 Å². The van der Waals surface area contributed by atoms with Crippen LogP contribution < -0.4 is 10.5 Å². The van der Waals surface area contributed by atoms with Gasteiger partial charge in [-0.15, -0.1) is 12.4 Å². The Morgan fingerprint density at radius 2 is 1.95 bits per heavy atom. The fraction of sp³-hybridized carbons (Fsp3) is 0.625. The first-order valence-corrected chi connectivity index (χ1v) is 7.61. The van der Waals surface area contributed by atoms with Crippen molar-refractivity contribution in [3.05, 3.63) is 28.3 Å². The van der Waals surface area contributed by atoms with E-state index >= 15 is 0 Å². The first-order chi connectivity index (χ1) is 9.11. The molecule has 2 nitrogen and oxygen atoms in total.